The van der Waals surface area contributed by atoms with E-state index in [0.29, 0.717) is 34.2 Å². The molecule has 0 saturated carbocycles. The van der Waals surface area contributed by atoms with Gasteiger partial charge < -0.3 is 18.8 Å². The van der Waals surface area contributed by atoms with Crippen LogP contribution in [0.5, 0.6) is 17.4 Å². The van der Waals surface area contributed by atoms with E-state index in [1.165, 1.54) is 6.07 Å². The monoisotopic (exact) mass is 511 g/mol. The molecule has 38 heavy (non-hydrogen) atoms. The number of methoxy groups -OCH3 is 1. The summed E-state index contributed by atoms with van der Waals surface area (Å²) in [5, 5.41) is 4.70. The van der Waals surface area contributed by atoms with E-state index in [1.54, 1.807) is 78.5 Å². The molecule has 0 spiro atoms. The lowest BCUT2D eigenvalue weighted by Crippen LogP contribution is -2.30. The standard InChI is InChI=1S/C30H26FN3O4/c1-33-30(38-27-16-7-6-15-26(27)31)25(28(32-33)21-10-4-3-5-11-21)20-34(19-24-14-9-17-37-24)29(35)22-12-8-13-23(18-22)36-2/h3-18H,19-20H2,1-2H3. The predicted molar refractivity (Wildman–Crippen MR) is 140 cm³/mol. The Morgan fingerprint density at radius 3 is 2.50 bits per heavy atom. The number of rotatable bonds is 9. The van der Waals surface area contributed by atoms with Gasteiger partial charge in [-0.2, -0.15) is 5.10 Å². The molecule has 0 unspecified atom stereocenters. The maximum absolute atomic E-state index is 14.6. The number of benzene rings is 3. The lowest BCUT2D eigenvalue weighted by atomic mass is 10.1. The minimum absolute atomic E-state index is 0.0630. The van der Waals surface area contributed by atoms with Crippen LogP contribution in [0.2, 0.25) is 0 Å². The fraction of sp³-hybridized carbons (Fsp3) is 0.133. The van der Waals surface area contributed by atoms with Crippen LogP contribution in [-0.2, 0) is 20.1 Å². The second-order valence-electron chi connectivity index (χ2n) is 8.63. The number of halogens is 1. The van der Waals surface area contributed by atoms with E-state index in [9.17, 15) is 9.18 Å². The Balaban J connectivity index is 1.60. The van der Waals surface area contributed by atoms with Crippen LogP contribution in [0.3, 0.4) is 0 Å². The molecular formula is C30H26FN3O4. The van der Waals surface area contributed by atoms with E-state index in [2.05, 4.69) is 0 Å². The van der Waals surface area contributed by atoms with Crippen molar-refractivity contribution in [2.75, 3.05) is 7.11 Å². The quantitative estimate of drug-likeness (QED) is 0.227. The molecule has 192 valence electrons. The molecule has 0 atom stereocenters. The maximum atomic E-state index is 14.6. The van der Waals surface area contributed by atoms with Crippen molar-refractivity contribution in [2.45, 2.75) is 13.1 Å². The maximum Gasteiger partial charge on any atom is 0.254 e. The van der Waals surface area contributed by atoms with E-state index in [0.717, 1.165) is 5.56 Å². The molecule has 8 heteroatoms. The Hall–Kier alpha value is -4.85. The summed E-state index contributed by atoms with van der Waals surface area (Å²) < 4.78 is 33.1. The molecule has 0 aliphatic heterocycles. The van der Waals surface area contributed by atoms with Gasteiger partial charge in [-0.1, -0.05) is 48.5 Å². The zero-order valence-corrected chi connectivity index (χ0v) is 21.0. The number of nitrogens with zero attached hydrogens (tertiary/aromatic N) is 3. The molecule has 7 nitrogen and oxygen atoms in total. The first kappa shape index (κ1) is 24.8. The van der Waals surface area contributed by atoms with Gasteiger partial charge in [0.05, 0.1) is 32.0 Å². The zero-order chi connectivity index (χ0) is 26.5. The minimum Gasteiger partial charge on any atom is -0.497 e. The van der Waals surface area contributed by atoms with Crippen molar-refractivity contribution in [3.05, 3.63) is 120 Å². The third kappa shape index (κ3) is 5.29. The first-order chi connectivity index (χ1) is 18.5. The lowest BCUT2D eigenvalue weighted by Gasteiger charge is -2.23. The number of aromatic nitrogens is 2. The number of amides is 1. The van der Waals surface area contributed by atoms with Crippen LogP contribution in [-0.4, -0.2) is 27.7 Å². The van der Waals surface area contributed by atoms with Crippen LogP contribution in [0, 0.1) is 5.82 Å². The van der Waals surface area contributed by atoms with E-state index < -0.39 is 5.82 Å². The topological polar surface area (TPSA) is 69.7 Å². The van der Waals surface area contributed by atoms with Gasteiger partial charge in [0.25, 0.3) is 5.91 Å². The summed E-state index contributed by atoms with van der Waals surface area (Å²) >= 11 is 0. The van der Waals surface area contributed by atoms with Gasteiger partial charge >= 0.3 is 0 Å². The molecule has 0 aliphatic carbocycles. The first-order valence-corrected chi connectivity index (χ1v) is 12.0. The summed E-state index contributed by atoms with van der Waals surface area (Å²) in [5.74, 6) is 0.845. The van der Waals surface area contributed by atoms with Crippen molar-refractivity contribution in [3.8, 4) is 28.6 Å². The highest BCUT2D eigenvalue weighted by Crippen LogP contribution is 2.35. The van der Waals surface area contributed by atoms with Gasteiger partial charge in [-0.15, -0.1) is 0 Å². The molecule has 2 aromatic heterocycles. The highest BCUT2D eigenvalue weighted by Gasteiger charge is 2.26. The summed E-state index contributed by atoms with van der Waals surface area (Å²) in [7, 11) is 3.28. The summed E-state index contributed by atoms with van der Waals surface area (Å²) in [5.41, 5.74) is 2.55. The van der Waals surface area contributed by atoms with Gasteiger partial charge in [-0.05, 0) is 42.5 Å². The molecule has 1 amide bonds. The highest BCUT2D eigenvalue weighted by atomic mass is 19.1. The van der Waals surface area contributed by atoms with E-state index >= 15 is 0 Å². The Morgan fingerprint density at radius 1 is 0.974 bits per heavy atom. The summed E-state index contributed by atoms with van der Waals surface area (Å²) in [4.78, 5) is 15.5. The van der Waals surface area contributed by atoms with Gasteiger partial charge in [-0.3, -0.25) is 4.79 Å². The van der Waals surface area contributed by atoms with Crippen molar-refractivity contribution in [3.63, 3.8) is 0 Å². The second kappa shape index (κ2) is 11.0. The molecule has 3 aromatic carbocycles. The van der Waals surface area contributed by atoms with Crippen LogP contribution in [0.1, 0.15) is 21.7 Å². The van der Waals surface area contributed by atoms with Gasteiger partial charge in [0.15, 0.2) is 11.6 Å². The Kier molecular flexibility index (Phi) is 7.21. The lowest BCUT2D eigenvalue weighted by molar-refractivity contribution is 0.0716. The average molecular weight is 512 g/mol. The number of hydrogen-bond donors (Lipinski definition) is 0. The molecule has 2 heterocycles. The summed E-state index contributed by atoms with van der Waals surface area (Å²) in [6.07, 6.45) is 1.57. The van der Waals surface area contributed by atoms with Crippen LogP contribution in [0.15, 0.2) is 102 Å². The van der Waals surface area contributed by atoms with E-state index in [-0.39, 0.29) is 24.7 Å². The molecule has 5 rings (SSSR count). The van der Waals surface area contributed by atoms with Crippen LogP contribution < -0.4 is 9.47 Å². The third-order valence-corrected chi connectivity index (χ3v) is 6.06. The van der Waals surface area contributed by atoms with Gasteiger partial charge in [0.2, 0.25) is 5.88 Å². The second-order valence-corrected chi connectivity index (χ2v) is 8.63. The molecule has 0 aliphatic rings. The van der Waals surface area contributed by atoms with E-state index in [4.69, 9.17) is 19.0 Å². The average Bonchev–Trinajstić information content (AvgIpc) is 3.57. The highest BCUT2D eigenvalue weighted by molar-refractivity contribution is 5.94. The normalized spacial score (nSPS) is 10.8. The van der Waals surface area contributed by atoms with E-state index in [1.807, 2.05) is 36.4 Å². The zero-order valence-electron chi connectivity index (χ0n) is 21.0. The number of hydrogen-bond acceptors (Lipinski definition) is 5. The largest absolute Gasteiger partial charge is 0.497 e. The first-order valence-electron chi connectivity index (χ1n) is 12.0. The van der Waals surface area contributed by atoms with Crippen molar-refractivity contribution in [1.82, 2.24) is 14.7 Å². The molecule has 0 fully saturated rings. The smallest absolute Gasteiger partial charge is 0.254 e. The summed E-state index contributed by atoms with van der Waals surface area (Å²) in [6, 6.07) is 26.3. The number of aryl methyl sites for hydroxylation is 1. The van der Waals surface area contributed by atoms with Crippen LogP contribution in [0.4, 0.5) is 4.39 Å². The Morgan fingerprint density at radius 2 is 1.76 bits per heavy atom. The van der Waals surface area contributed by atoms with Gasteiger partial charge in [0.1, 0.15) is 17.2 Å². The predicted octanol–water partition coefficient (Wildman–Crippen LogP) is 6.46. The fourth-order valence-electron chi connectivity index (χ4n) is 4.20. The van der Waals surface area contributed by atoms with Gasteiger partial charge in [0, 0.05) is 18.2 Å². The van der Waals surface area contributed by atoms with Crippen LogP contribution in [0.25, 0.3) is 11.3 Å². The number of para-hydroxylation sites is 1. The number of carbonyl (C=O) groups is 1. The molecule has 0 N–H and O–H groups in total. The molecule has 0 radical (unpaired) electrons. The van der Waals surface area contributed by atoms with Crippen molar-refractivity contribution >= 4 is 5.91 Å². The molecule has 5 aromatic rings. The Labute approximate surface area is 219 Å². The number of furan rings is 1. The minimum atomic E-state index is -0.499. The number of carbonyl (C=O) groups excluding carboxylic acids is 1. The number of ether oxygens (including phenoxy) is 2. The molecular weight excluding hydrogens is 485 g/mol. The molecule has 0 saturated heterocycles. The van der Waals surface area contributed by atoms with Crippen LogP contribution >= 0.6 is 0 Å². The van der Waals surface area contributed by atoms with Crippen molar-refractivity contribution in [1.29, 1.82) is 0 Å². The van der Waals surface area contributed by atoms with Crippen molar-refractivity contribution < 1.29 is 23.1 Å². The Bertz CT molecular complexity index is 1530. The van der Waals surface area contributed by atoms with Gasteiger partial charge in [-0.25, -0.2) is 9.07 Å². The fourth-order valence-corrected chi connectivity index (χ4v) is 4.20. The summed E-state index contributed by atoms with van der Waals surface area (Å²) in [6.45, 7) is 0.323. The SMILES string of the molecule is COc1cccc(C(=O)N(Cc2ccco2)Cc2c(-c3ccccc3)nn(C)c2Oc2ccccc2F)c1. The third-order valence-electron chi connectivity index (χ3n) is 6.06. The van der Waals surface area contributed by atoms with Crippen molar-refractivity contribution in [2.24, 2.45) is 7.05 Å². The molecule has 0 bridgehead atoms.